The Morgan fingerprint density at radius 3 is 2.64 bits per heavy atom. The Labute approximate surface area is 209 Å². The number of hydrogen-bond donors (Lipinski definition) is 1. The maximum Gasteiger partial charge on any atom is 0.335 e. The summed E-state index contributed by atoms with van der Waals surface area (Å²) in [7, 11) is 0. The van der Waals surface area contributed by atoms with Crippen LogP contribution in [-0.4, -0.2) is 28.4 Å². The predicted octanol–water partition coefficient (Wildman–Crippen LogP) is 6.59. The molecule has 0 bridgehead atoms. The van der Waals surface area contributed by atoms with Crippen molar-refractivity contribution in [2.45, 2.75) is 26.4 Å². The fourth-order valence-electron chi connectivity index (χ4n) is 3.62. The first-order valence-corrected chi connectivity index (χ1v) is 11.8. The van der Waals surface area contributed by atoms with E-state index in [1.165, 1.54) is 24.3 Å². The number of aromatic carboxylic acids is 1. The number of unbranched alkanes of at least 4 members (excludes halogenated alkanes) is 1. The normalized spacial score (nSPS) is 11.0. The molecular weight excluding hydrogens is 454 g/mol. The first-order chi connectivity index (χ1) is 17.5. The predicted molar refractivity (Wildman–Crippen MR) is 140 cm³/mol. The largest absolute Gasteiger partial charge is 0.493 e. The molecule has 0 aliphatic rings. The summed E-state index contributed by atoms with van der Waals surface area (Å²) in [5, 5.41) is 10.4. The first kappa shape index (κ1) is 24.7. The molecule has 1 aromatic heterocycles. The van der Waals surface area contributed by atoms with E-state index in [1.807, 2.05) is 67.6 Å². The number of ketones is 1. The SMILES string of the molecule is CCCCOc1ccc(C(=O)O)cc1C(=O)/C=C/c1cccc(OCc2ccc3ccccc3n2)c1. The van der Waals surface area contributed by atoms with Crippen LogP contribution in [0, 0.1) is 0 Å². The zero-order valence-electron chi connectivity index (χ0n) is 20.0. The van der Waals surface area contributed by atoms with Crippen LogP contribution in [0.2, 0.25) is 0 Å². The van der Waals surface area contributed by atoms with Crippen molar-refractivity contribution in [3.05, 3.63) is 107 Å². The third-order valence-electron chi connectivity index (χ3n) is 5.58. The maximum absolute atomic E-state index is 12.9. The molecule has 4 rings (SSSR count). The van der Waals surface area contributed by atoms with Gasteiger partial charge in [-0.3, -0.25) is 4.79 Å². The van der Waals surface area contributed by atoms with Gasteiger partial charge in [0.15, 0.2) is 5.78 Å². The van der Waals surface area contributed by atoms with E-state index >= 15 is 0 Å². The zero-order valence-corrected chi connectivity index (χ0v) is 20.0. The van der Waals surface area contributed by atoms with Crippen molar-refractivity contribution < 1.29 is 24.2 Å². The van der Waals surface area contributed by atoms with Gasteiger partial charge in [0.1, 0.15) is 18.1 Å². The van der Waals surface area contributed by atoms with Crippen LogP contribution in [0.1, 0.15) is 51.7 Å². The third kappa shape index (κ3) is 6.36. The van der Waals surface area contributed by atoms with Crippen molar-refractivity contribution in [1.29, 1.82) is 0 Å². The van der Waals surface area contributed by atoms with Gasteiger partial charge in [0, 0.05) is 5.39 Å². The summed E-state index contributed by atoms with van der Waals surface area (Å²) in [5.41, 5.74) is 2.76. The number of aromatic nitrogens is 1. The smallest absolute Gasteiger partial charge is 0.335 e. The Kier molecular flexibility index (Phi) is 8.08. The summed E-state index contributed by atoms with van der Waals surface area (Å²) >= 11 is 0. The van der Waals surface area contributed by atoms with Gasteiger partial charge >= 0.3 is 5.97 Å². The number of carboxylic acids is 1. The van der Waals surface area contributed by atoms with Crippen LogP contribution >= 0.6 is 0 Å². The molecule has 4 aromatic rings. The van der Waals surface area contributed by atoms with Crippen LogP contribution in [0.15, 0.2) is 84.9 Å². The molecule has 0 fully saturated rings. The summed E-state index contributed by atoms with van der Waals surface area (Å²) in [6.07, 6.45) is 4.88. The number of ether oxygens (including phenoxy) is 2. The minimum Gasteiger partial charge on any atom is -0.493 e. The average Bonchev–Trinajstić information content (AvgIpc) is 2.91. The molecule has 36 heavy (non-hydrogen) atoms. The molecule has 0 saturated heterocycles. The molecular formula is C30H27NO5. The molecule has 6 heteroatoms. The van der Waals surface area contributed by atoms with E-state index in [4.69, 9.17) is 9.47 Å². The lowest BCUT2D eigenvalue weighted by Crippen LogP contribution is -2.06. The number of carbonyl (C=O) groups excluding carboxylic acids is 1. The maximum atomic E-state index is 12.9. The molecule has 0 unspecified atom stereocenters. The Hall–Kier alpha value is -4.45. The lowest BCUT2D eigenvalue weighted by atomic mass is 10.0. The summed E-state index contributed by atoms with van der Waals surface area (Å²) < 4.78 is 11.7. The monoisotopic (exact) mass is 481 g/mol. The molecule has 0 amide bonds. The molecule has 182 valence electrons. The summed E-state index contributed by atoms with van der Waals surface area (Å²) in [5.74, 6) is -0.408. The van der Waals surface area contributed by atoms with Gasteiger partial charge in [-0.15, -0.1) is 0 Å². The Balaban J connectivity index is 1.46. The van der Waals surface area contributed by atoms with Crippen molar-refractivity contribution >= 4 is 28.7 Å². The number of nitrogens with zero attached hydrogens (tertiary/aromatic N) is 1. The minimum atomic E-state index is -1.10. The highest BCUT2D eigenvalue weighted by atomic mass is 16.5. The third-order valence-corrected chi connectivity index (χ3v) is 5.58. The van der Waals surface area contributed by atoms with Gasteiger partial charge in [-0.1, -0.05) is 55.8 Å². The number of benzene rings is 3. The second-order valence-corrected chi connectivity index (χ2v) is 8.27. The molecule has 3 aromatic carbocycles. The van der Waals surface area contributed by atoms with Gasteiger partial charge in [0.05, 0.1) is 28.9 Å². The van der Waals surface area contributed by atoms with Gasteiger partial charge in [-0.25, -0.2) is 9.78 Å². The van der Waals surface area contributed by atoms with E-state index in [1.54, 1.807) is 6.08 Å². The molecule has 1 N–H and O–H groups in total. The van der Waals surface area contributed by atoms with E-state index in [-0.39, 0.29) is 16.9 Å². The fraction of sp³-hybridized carbons (Fsp3) is 0.167. The van der Waals surface area contributed by atoms with Crippen molar-refractivity contribution in [2.24, 2.45) is 0 Å². The second kappa shape index (κ2) is 11.8. The molecule has 0 spiro atoms. The van der Waals surface area contributed by atoms with E-state index in [0.717, 1.165) is 35.0 Å². The van der Waals surface area contributed by atoms with Gasteiger partial charge in [-0.05, 0) is 60.5 Å². The number of carbonyl (C=O) groups is 2. The molecule has 0 radical (unpaired) electrons. The lowest BCUT2D eigenvalue weighted by Gasteiger charge is -2.10. The number of allylic oxidation sites excluding steroid dienone is 1. The number of para-hydroxylation sites is 1. The van der Waals surface area contributed by atoms with E-state index in [0.29, 0.717) is 24.7 Å². The summed E-state index contributed by atoms with van der Waals surface area (Å²) in [4.78, 5) is 29.0. The summed E-state index contributed by atoms with van der Waals surface area (Å²) in [6.45, 7) is 2.82. The van der Waals surface area contributed by atoms with Crippen molar-refractivity contribution in [1.82, 2.24) is 4.98 Å². The standard InChI is InChI=1S/C30H27NO5/c1-2-3-17-35-29-16-13-23(30(33)34)19-26(29)28(32)15-11-21-7-6-9-25(18-21)36-20-24-14-12-22-8-4-5-10-27(22)31-24/h4-16,18-19H,2-3,17,20H2,1H3,(H,33,34)/b15-11+. The zero-order chi connectivity index (χ0) is 25.3. The highest BCUT2D eigenvalue weighted by Crippen LogP contribution is 2.23. The highest BCUT2D eigenvalue weighted by Gasteiger charge is 2.14. The molecule has 0 atom stereocenters. The van der Waals surface area contributed by atoms with Crippen LogP contribution in [0.25, 0.3) is 17.0 Å². The molecule has 0 aliphatic carbocycles. The van der Waals surface area contributed by atoms with Crippen LogP contribution in [-0.2, 0) is 6.61 Å². The van der Waals surface area contributed by atoms with Crippen molar-refractivity contribution in [2.75, 3.05) is 6.61 Å². The van der Waals surface area contributed by atoms with E-state index < -0.39 is 5.97 Å². The minimum absolute atomic E-state index is 0.0345. The van der Waals surface area contributed by atoms with Crippen LogP contribution in [0.4, 0.5) is 0 Å². The molecule has 1 heterocycles. The van der Waals surface area contributed by atoms with Crippen LogP contribution in [0.5, 0.6) is 11.5 Å². The molecule has 6 nitrogen and oxygen atoms in total. The molecule has 0 aliphatic heterocycles. The number of pyridine rings is 1. The van der Waals surface area contributed by atoms with Crippen LogP contribution in [0.3, 0.4) is 0 Å². The lowest BCUT2D eigenvalue weighted by molar-refractivity contribution is 0.0697. The van der Waals surface area contributed by atoms with E-state index in [2.05, 4.69) is 4.98 Å². The topological polar surface area (TPSA) is 85.7 Å². The van der Waals surface area contributed by atoms with Gasteiger partial charge < -0.3 is 14.6 Å². The number of hydrogen-bond acceptors (Lipinski definition) is 5. The quantitative estimate of drug-likeness (QED) is 0.148. The van der Waals surface area contributed by atoms with Gasteiger partial charge in [0.2, 0.25) is 0 Å². The van der Waals surface area contributed by atoms with Crippen molar-refractivity contribution in [3.63, 3.8) is 0 Å². The Morgan fingerprint density at radius 1 is 0.944 bits per heavy atom. The summed E-state index contributed by atoms with van der Waals surface area (Å²) in [6, 6.07) is 23.6. The Bertz CT molecular complexity index is 1410. The number of carboxylic acid groups (broad SMARTS) is 1. The highest BCUT2D eigenvalue weighted by molar-refractivity contribution is 6.09. The number of fused-ring (bicyclic) bond motifs is 1. The Morgan fingerprint density at radius 2 is 1.81 bits per heavy atom. The molecule has 0 saturated carbocycles. The second-order valence-electron chi connectivity index (χ2n) is 8.27. The van der Waals surface area contributed by atoms with Gasteiger partial charge in [-0.2, -0.15) is 0 Å². The van der Waals surface area contributed by atoms with Crippen LogP contribution < -0.4 is 9.47 Å². The first-order valence-electron chi connectivity index (χ1n) is 11.8. The average molecular weight is 482 g/mol. The van der Waals surface area contributed by atoms with E-state index in [9.17, 15) is 14.7 Å². The number of rotatable bonds is 11. The fourth-order valence-corrected chi connectivity index (χ4v) is 3.62. The van der Waals surface area contributed by atoms with Gasteiger partial charge in [0.25, 0.3) is 0 Å². The van der Waals surface area contributed by atoms with Crippen molar-refractivity contribution in [3.8, 4) is 11.5 Å².